The predicted octanol–water partition coefficient (Wildman–Crippen LogP) is 0.938. The molecule has 4 nitrogen and oxygen atoms in total. The van der Waals surface area contributed by atoms with Gasteiger partial charge in [-0.1, -0.05) is 0 Å². The summed E-state index contributed by atoms with van der Waals surface area (Å²) in [5, 5.41) is 8.69. The van der Waals surface area contributed by atoms with Gasteiger partial charge in [0, 0.05) is 0 Å². The predicted molar refractivity (Wildman–Crippen MR) is 39.5 cm³/mol. The summed E-state index contributed by atoms with van der Waals surface area (Å²) in [5.41, 5.74) is -0.650. The Morgan fingerprint density at radius 3 is 2.27 bits per heavy atom. The smallest absolute Gasteiger partial charge is 0.347 e. The molecule has 0 radical (unpaired) electrons. The highest BCUT2D eigenvalue weighted by atomic mass is 31.1. The lowest BCUT2D eigenvalue weighted by molar-refractivity contribution is -0.160. The largest absolute Gasteiger partial charge is 0.457 e. The maximum atomic E-state index is 10.7. The van der Waals surface area contributed by atoms with Gasteiger partial charge >= 0.3 is 5.97 Å². The molecule has 0 saturated carbocycles. The van der Waals surface area contributed by atoms with Gasteiger partial charge in [0.1, 0.15) is 5.60 Å². The molecule has 0 heterocycles. The third-order valence-corrected chi connectivity index (χ3v) is 1.13. The molecule has 5 heteroatoms. The molecule has 0 saturated heterocycles. The van der Waals surface area contributed by atoms with Crippen LogP contribution in [0.25, 0.3) is 0 Å². The molecule has 0 fully saturated rings. The Kier molecular flexibility index (Phi) is 3.63. The van der Waals surface area contributed by atoms with Crippen molar-refractivity contribution in [3.05, 3.63) is 0 Å². The van der Waals surface area contributed by atoms with E-state index in [1.54, 1.807) is 20.8 Å². The van der Waals surface area contributed by atoms with Crippen LogP contribution in [0.3, 0.4) is 0 Å². The zero-order valence-electron chi connectivity index (χ0n) is 6.70. The summed E-state index contributed by atoms with van der Waals surface area (Å²) in [4.78, 5) is 10.7. The van der Waals surface area contributed by atoms with Gasteiger partial charge in [0.2, 0.25) is 5.85 Å². The lowest BCUT2D eigenvalue weighted by Gasteiger charge is -2.19. The van der Waals surface area contributed by atoms with Crippen LogP contribution < -0.4 is 0 Å². The van der Waals surface area contributed by atoms with Crippen LogP contribution in [-0.2, 0) is 14.1 Å². The van der Waals surface area contributed by atoms with E-state index in [1.807, 2.05) is 0 Å². The second-order valence-corrected chi connectivity index (χ2v) is 3.71. The van der Waals surface area contributed by atoms with Gasteiger partial charge in [-0.15, -0.1) is 0 Å². The highest BCUT2D eigenvalue weighted by Gasteiger charge is 2.22. The van der Waals surface area contributed by atoms with Crippen molar-refractivity contribution in [2.24, 2.45) is 0 Å². The molecule has 0 aromatic carbocycles. The molecule has 0 aromatic heterocycles. The van der Waals surface area contributed by atoms with Crippen LogP contribution in [0, 0.1) is 0 Å². The molecule has 0 spiro atoms. The number of hydrogen-bond donors (Lipinski definition) is 1. The lowest BCUT2D eigenvalue weighted by atomic mass is 10.2. The van der Waals surface area contributed by atoms with E-state index in [2.05, 4.69) is 0 Å². The zero-order valence-corrected chi connectivity index (χ0v) is 7.59. The van der Waals surface area contributed by atoms with E-state index in [1.165, 1.54) is 0 Å². The fourth-order valence-corrected chi connectivity index (χ4v) is 0.536. The lowest BCUT2D eigenvalue weighted by Crippen LogP contribution is -2.28. The number of carbonyl (C=O) groups excluding carboxylic acids is 1. The summed E-state index contributed by atoms with van der Waals surface area (Å²) in [5.74, 6) is -2.43. The Bertz CT molecular complexity index is 160. The number of ether oxygens (including phenoxy) is 1. The molecular formula is C6H11O4P. The topological polar surface area (TPSA) is 63.6 Å². The first-order valence-electron chi connectivity index (χ1n) is 3.10. The van der Waals surface area contributed by atoms with Crippen LogP contribution in [0.2, 0.25) is 0 Å². The monoisotopic (exact) mass is 178 g/mol. The number of carbonyl (C=O) groups is 1. The molecule has 0 bridgehead atoms. The fourth-order valence-electron chi connectivity index (χ4n) is 0.398. The molecule has 1 atom stereocenters. The molecule has 64 valence electrons. The average molecular weight is 178 g/mol. The average Bonchev–Trinajstić information content (AvgIpc) is 1.82. The van der Waals surface area contributed by atoms with E-state index in [9.17, 15) is 9.36 Å². The van der Waals surface area contributed by atoms with Crippen LogP contribution in [0.15, 0.2) is 0 Å². The Morgan fingerprint density at radius 1 is 1.55 bits per heavy atom. The van der Waals surface area contributed by atoms with Gasteiger partial charge in [0.05, 0.1) is 0 Å². The van der Waals surface area contributed by atoms with Gasteiger partial charge in [-0.2, -0.15) is 0 Å². The second kappa shape index (κ2) is 3.79. The Balaban J connectivity index is 3.98. The first kappa shape index (κ1) is 10.5. The van der Waals surface area contributed by atoms with Gasteiger partial charge in [0.25, 0.3) is 0 Å². The van der Waals surface area contributed by atoms with Crippen LogP contribution in [-0.4, -0.2) is 22.5 Å². The second-order valence-electron chi connectivity index (χ2n) is 3.01. The van der Waals surface area contributed by atoms with Crippen LogP contribution >= 0.6 is 8.46 Å². The molecule has 0 rings (SSSR count). The highest BCUT2D eigenvalue weighted by Crippen LogP contribution is 2.12. The van der Waals surface area contributed by atoms with E-state index in [0.29, 0.717) is 0 Å². The molecule has 1 unspecified atom stereocenters. The third-order valence-electron chi connectivity index (χ3n) is 0.717. The first-order chi connectivity index (χ1) is 4.87. The van der Waals surface area contributed by atoms with Crippen molar-refractivity contribution in [3.63, 3.8) is 0 Å². The van der Waals surface area contributed by atoms with E-state index in [4.69, 9.17) is 9.84 Å². The molecule has 11 heavy (non-hydrogen) atoms. The van der Waals surface area contributed by atoms with Crippen molar-refractivity contribution in [1.82, 2.24) is 0 Å². The van der Waals surface area contributed by atoms with Gasteiger partial charge in [-0.3, -0.25) is 4.57 Å². The highest BCUT2D eigenvalue weighted by molar-refractivity contribution is 7.26. The Hall–Kier alpha value is -0.470. The van der Waals surface area contributed by atoms with Crippen molar-refractivity contribution in [1.29, 1.82) is 0 Å². The van der Waals surface area contributed by atoms with Crippen molar-refractivity contribution < 1.29 is 19.2 Å². The van der Waals surface area contributed by atoms with Crippen LogP contribution in [0.4, 0.5) is 0 Å². The van der Waals surface area contributed by atoms with Crippen molar-refractivity contribution in [3.8, 4) is 0 Å². The van der Waals surface area contributed by atoms with Gasteiger partial charge in [-0.25, -0.2) is 4.79 Å². The van der Waals surface area contributed by atoms with Gasteiger partial charge in [0.15, 0.2) is 8.46 Å². The normalized spacial score (nSPS) is 14.5. The quantitative estimate of drug-likeness (QED) is 0.504. The third kappa shape index (κ3) is 4.87. The summed E-state index contributed by atoms with van der Waals surface area (Å²) < 4.78 is 14.7. The SMILES string of the molecule is CC(C)(C)OC(=O)C(O)P=O. The van der Waals surface area contributed by atoms with Gasteiger partial charge < -0.3 is 9.84 Å². The van der Waals surface area contributed by atoms with E-state index in [0.717, 1.165) is 0 Å². The number of hydrogen-bond acceptors (Lipinski definition) is 4. The summed E-state index contributed by atoms with van der Waals surface area (Å²) in [6.07, 6.45) is 0. The molecule has 0 aromatic rings. The van der Waals surface area contributed by atoms with Crippen molar-refractivity contribution in [2.75, 3.05) is 0 Å². The number of aliphatic hydroxyl groups is 1. The molecule has 0 aliphatic rings. The zero-order chi connectivity index (χ0) is 9.07. The number of esters is 1. The molecular weight excluding hydrogens is 167 g/mol. The molecule has 0 amide bonds. The Labute approximate surface area is 66.8 Å². The maximum absolute atomic E-state index is 10.7. The van der Waals surface area contributed by atoms with Crippen molar-refractivity contribution in [2.45, 2.75) is 32.2 Å². The first-order valence-corrected chi connectivity index (χ1v) is 3.98. The van der Waals surface area contributed by atoms with E-state index in [-0.39, 0.29) is 0 Å². The molecule has 0 aliphatic heterocycles. The fraction of sp³-hybridized carbons (Fsp3) is 0.833. The minimum Gasteiger partial charge on any atom is -0.457 e. The van der Waals surface area contributed by atoms with Crippen LogP contribution in [0.1, 0.15) is 20.8 Å². The van der Waals surface area contributed by atoms with Gasteiger partial charge in [-0.05, 0) is 20.8 Å². The summed E-state index contributed by atoms with van der Waals surface area (Å²) >= 11 is 0. The van der Waals surface area contributed by atoms with Crippen molar-refractivity contribution >= 4 is 14.4 Å². The number of aliphatic hydroxyl groups excluding tert-OH is 1. The van der Waals surface area contributed by atoms with Crippen LogP contribution in [0.5, 0.6) is 0 Å². The summed E-state index contributed by atoms with van der Waals surface area (Å²) in [6.45, 7) is 5.00. The van der Waals surface area contributed by atoms with E-state index >= 15 is 0 Å². The summed E-state index contributed by atoms with van der Waals surface area (Å²) in [6, 6.07) is 0. The van der Waals surface area contributed by atoms with E-state index < -0.39 is 25.9 Å². The minimum atomic E-state index is -1.56. The molecule has 1 N–H and O–H groups in total. The maximum Gasteiger partial charge on any atom is 0.347 e. The minimum absolute atomic E-state index is 0.633. The number of rotatable bonds is 2. The standard InChI is InChI=1S/C6H11O4P/c1-6(2,3)10-4(7)5(8)11-9/h5,8H,1-3H3. The molecule has 0 aliphatic carbocycles. The Morgan fingerprint density at radius 2 is 2.00 bits per heavy atom. The summed E-state index contributed by atoms with van der Waals surface area (Å²) in [7, 11) is -0.633.